The highest BCUT2D eigenvalue weighted by Crippen LogP contribution is 2.12. The Morgan fingerprint density at radius 3 is 2.00 bits per heavy atom. The molecule has 0 amide bonds. The van der Waals surface area contributed by atoms with Gasteiger partial charge in [0.1, 0.15) is 0 Å². The fourth-order valence-corrected chi connectivity index (χ4v) is 2.57. The Morgan fingerprint density at radius 2 is 1.59 bits per heavy atom. The third-order valence-electron chi connectivity index (χ3n) is 1.88. The average molecular weight is 276 g/mol. The molecule has 6 nitrogen and oxygen atoms in total. The quantitative estimate of drug-likeness (QED) is 0.726. The molecule has 0 heterocycles. The second-order valence-corrected chi connectivity index (χ2v) is 6.49. The van der Waals surface area contributed by atoms with Crippen molar-refractivity contribution in [2.24, 2.45) is 5.14 Å². The van der Waals surface area contributed by atoms with Crippen molar-refractivity contribution in [2.45, 2.75) is 9.79 Å². The number of sulfonamides is 2. The number of rotatable bonds is 5. The molecule has 0 saturated heterocycles. The van der Waals surface area contributed by atoms with Gasteiger partial charge in [-0.1, -0.05) is 6.08 Å². The zero-order valence-electron chi connectivity index (χ0n) is 8.83. The summed E-state index contributed by atoms with van der Waals surface area (Å²) in [6.45, 7) is 3.48. The average Bonchev–Trinajstić information content (AvgIpc) is 2.25. The lowest BCUT2D eigenvalue weighted by atomic mass is 10.4. The minimum Gasteiger partial charge on any atom is -0.225 e. The van der Waals surface area contributed by atoms with Gasteiger partial charge in [0.25, 0.3) is 0 Å². The van der Waals surface area contributed by atoms with Crippen LogP contribution >= 0.6 is 0 Å². The van der Waals surface area contributed by atoms with Gasteiger partial charge < -0.3 is 0 Å². The molecule has 0 spiro atoms. The van der Waals surface area contributed by atoms with Crippen molar-refractivity contribution in [2.75, 3.05) is 6.54 Å². The van der Waals surface area contributed by atoms with E-state index in [1.807, 2.05) is 0 Å². The van der Waals surface area contributed by atoms with E-state index in [1.165, 1.54) is 18.2 Å². The van der Waals surface area contributed by atoms with Crippen LogP contribution in [0.2, 0.25) is 0 Å². The topological polar surface area (TPSA) is 106 Å². The third-order valence-corrected chi connectivity index (χ3v) is 4.25. The first kappa shape index (κ1) is 13.8. The molecule has 8 heteroatoms. The highest BCUT2D eigenvalue weighted by Gasteiger charge is 2.14. The van der Waals surface area contributed by atoms with Crippen molar-refractivity contribution in [1.82, 2.24) is 4.72 Å². The minimum atomic E-state index is -3.81. The van der Waals surface area contributed by atoms with E-state index >= 15 is 0 Å². The molecule has 0 aromatic heterocycles. The molecule has 1 rings (SSSR count). The zero-order chi connectivity index (χ0) is 13.1. The van der Waals surface area contributed by atoms with Gasteiger partial charge >= 0.3 is 0 Å². The van der Waals surface area contributed by atoms with E-state index in [0.717, 1.165) is 12.1 Å². The standard InChI is InChI=1S/C9H12N2O4S2/c1-2-7-11-17(14,15)9-5-3-8(4-6-9)16(10,12)13/h2-6,11H,1,7H2,(H2,10,12,13). The van der Waals surface area contributed by atoms with Gasteiger partial charge in [0, 0.05) is 6.54 Å². The van der Waals surface area contributed by atoms with Gasteiger partial charge in [-0.25, -0.2) is 26.7 Å². The Morgan fingerprint density at radius 1 is 1.12 bits per heavy atom. The summed E-state index contributed by atoms with van der Waals surface area (Å²) in [5.41, 5.74) is 0. The van der Waals surface area contributed by atoms with E-state index in [4.69, 9.17) is 5.14 Å². The molecule has 0 atom stereocenters. The predicted octanol–water partition coefficient (Wildman–Crippen LogP) is -0.202. The van der Waals surface area contributed by atoms with Crippen LogP contribution in [0, 0.1) is 0 Å². The van der Waals surface area contributed by atoms with E-state index in [9.17, 15) is 16.8 Å². The highest BCUT2D eigenvalue weighted by atomic mass is 32.2. The zero-order valence-corrected chi connectivity index (χ0v) is 10.5. The van der Waals surface area contributed by atoms with Crippen LogP contribution in [0.15, 0.2) is 46.7 Å². The summed E-state index contributed by atoms with van der Waals surface area (Å²) in [5, 5.41) is 4.89. The molecule has 3 N–H and O–H groups in total. The van der Waals surface area contributed by atoms with Crippen molar-refractivity contribution in [3.8, 4) is 0 Å². The van der Waals surface area contributed by atoms with Crippen molar-refractivity contribution >= 4 is 20.0 Å². The van der Waals surface area contributed by atoms with Crippen LogP contribution in [0.1, 0.15) is 0 Å². The molecule has 94 valence electrons. The van der Waals surface area contributed by atoms with Gasteiger partial charge in [-0.15, -0.1) is 6.58 Å². The number of nitrogens with two attached hydrogens (primary N) is 1. The summed E-state index contributed by atoms with van der Waals surface area (Å²) < 4.78 is 47.4. The normalized spacial score (nSPS) is 12.3. The minimum absolute atomic E-state index is 0.0354. The summed E-state index contributed by atoms with van der Waals surface area (Å²) in [7, 11) is -7.45. The molecule has 0 radical (unpaired) electrons. The number of nitrogens with one attached hydrogen (secondary N) is 1. The predicted molar refractivity (Wildman–Crippen MR) is 63.2 cm³/mol. The summed E-state index contributed by atoms with van der Waals surface area (Å²) in [6, 6.07) is 4.62. The smallest absolute Gasteiger partial charge is 0.225 e. The Hall–Kier alpha value is -1.22. The highest BCUT2D eigenvalue weighted by molar-refractivity contribution is 7.89. The monoisotopic (exact) mass is 276 g/mol. The Bertz CT molecular complexity index is 603. The lowest BCUT2D eigenvalue weighted by Gasteiger charge is -2.05. The maximum Gasteiger partial charge on any atom is 0.240 e. The van der Waals surface area contributed by atoms with E-state index in [2.05, 4.69) is 11.3 Å². The maximum atomic E-state index is 11.6. The molecule has 0 unspecified atom stereocenters. The summed E-state index contributed by atoms with van der Waals surface area (Å²) in [6.07, 6.45) is 1.40. The van der Waals surface area contributed by atoms with Crippen LogP contribution < -0.4 is 9.86 Å². The molecule has 0 bridgehead atoms. The van der Waals surface area contributed by atoms with Gasteiger partial charge in [-0.05, 0) is 24.3 Å². The number of hydrogen-bond acceptors (Lipinski definition) is 4. The van der Waals surface area contributed by atoms with Crippen molar-refractivity contribution in [3.63, 3.8) is 0 Å². The second-order valence-electron chi connectivity index (χ2n) is 3.16. The summed E-state index contributed by atoms with van der Waals surface area (Å²) >= 11 is 0. The number of benzene rings is 1. The lowest BCUT2D eigenvalue weighted by molar-refractivity contribution is 0.584. The number of hydrogen-bond donors (Lipinski definition) is 2. The molecule has 0 saturated carbocycles. The van der Waals surface area contributed by atoms with Crippen LogP contribution in [0.25, 0.3) is 0 Å². The first-order valence-electron chi connectivity index (χ1n) is 4.51. The first-order valence-corrected chi connectivity index (χ1v) is 7.54. The van der Waals surface area contributed by atoms with Crippen LogP contribution in [0.5, 0.6) is 0 Å². The summed E-state index contributed by atoms with van der Waals surface area (Å²) in [5.74, 6) is 0. The van der Waals surface area contributed by atoms with E-state index in [-0.39, 0.29) is 16.3 Å². The molecule has 0 aliphatic carbocycles. The molecule has 0 aliphatic rings. The van der Waals surface area contributed by atoms with Crippen molar-refractivity contribution in [1.29, 1.82) is 0 Å². The first-order chi connectivity index (χ1) is 7.77. The molecular weight excluding hydrogens is 264 g/mol. The molecule has 1 aromatic rings. The van der Waals surface area contributed by atoms with E-state index in [0.29, 0.717) is 0 Å². The largest absolute Gasteiger partial charge is 0.240 e. The lowest BCUT2D eigenvalue weighted by Crippen LogP contribution is -2.23. The SMILES string of the molecule is C=CCNS(=O)(=O)c1ccc(S(N)(=O)=O)cc1. The Labute approximate surface area is 100 Å². The third kappa shape index (κ3) is 3.63. The molecular formula is C9H12N2O4S2. The molecule has 17 heavy (non-hydrogen) atoms. The van der Waals surface area contributed by atoms with Crippen LogP contribution in [0.4, 0.5) is 0 Å². The second kappa shape index (κ2) is 4.96. The van der Waals surface area contributed by atoms with Crippen molar-refractivity contribution < 1.29 is 16.8 Å². The number of primary sulfonamides is 1. The fraction of sp³-hybridized carbons (Fsp3) is 0.111. The van der Waals surface area contributed by atoms with Gasteiger partial charge in [0.2, 0.25) is 20.0 Å². The van der Waals surface area contributed by atoms with Crippen LogP contribution in [-0.2, 0) is 20.0 Å². The van der Waals surface area contributed by atoms with Gasteiger partial charge in [-0.3, -0.25) is 0 Å². The Balaban J connectivity index is 3.07. The van der Waals surface area contributed by atoms with Gasteiger partial charge in [0.05, 0.1) is 9.79 Å². The van der Waals surface area contributed by atoms with Crippen LogP contribution in [0.3, 0.4) is 0 Å². The van der Waals surface area contributed by atoms with E-state index < -0.39 is 20.0 Å². The van der Waals surface area contributed by atoms with E-state index in [1.54, 1.807) is 0 Å². The van der Waals surface area contributed by atoms with Crippen LogP contribution in [-0.4, -0.2) is 23.4 Å². The molecule has 1 aromatic carbocycles. The molecule has 0 fully saturated rings. The van der Waals surface area contributed by atoms with Gasteiger partial charge in [-0.2, -0.15) is 0 Å². The fourth-order valence-electron chi connectivity index (χ4n) is 1.06. The van der Waals surface area contributed by atoms with Gasteiger partial charge in [0.15, 0.2) is 0 Å². The Kier molecular flexibility index (Phi) is 4.04. The maximum absolute atomic E-state index is 11.6. The molecule has 0 aliphatic heterocycles. The van der Waals surface area contributed by atoms with Crippen molar-refractivity contribution in [3.05, 3.63) is 36.9 Å². The summed E-state index contributed by atoms with van der Waals surface area (Å²) in [4.78, 5) is -0.174.